The van der Waals surface area contributed by atoms with E-state index in [2.05, 4.69) is 0 Å². The van der Waals surface area contributed by atoms with Crippen LogP contribution >= 0.6 is 34.8 Å². The number of nitrogens with zero attached hydrogens (tertiary/aromatic N) is 1. The minimum absolute atomic E-state index is 0.116. The van der Waals surface area contributed by atoms with Gasteiger partial charge in [0.05, 0.1) is 20.8 Å². The highest BCUT2D eigenvalue weighted by Gasteiger charge is 2.12. The Balaban J connectivity index is 2.09. The summed E-state index contributed by atoms with van der Waals surface area (Å²) < 4.78 is 7.10. The van der Waals surface area contributed by atoms with Crippen LogP contribution in [0.25, 0.3) is 0 Å². The Kier molecular flexibility index (Phi) is 4.40. The average Bonchev–Trinajstić information content (AvgIpc) is 2.78. The van der Waals surface area contributed by atoms with Gasteiger partial charge in [0.15, 0.2) is 6.61 Å². The molecule has 100 valence electrons. The Morgan fingerprint density at radius 3 is 2.53 bits per heavy atom. The van der Waals surface area contributed by atoms with Crippen molar-refractivity contribution in [3.8, 4) is 5.75 Å². The fourth-order valence-corrected chi connectivity index (χ4v) is 2.17. The molecule has 0 saturated carbocycles. The molecule has 2 rings (SSSR count). The second-order valence-electron chi connectivity index (χ2n) is 3.91. The van der Waals surface area contributed by atoms with Gasteiger partial charge in [-0.3, -0.25) is 4.79 Å². The summed E-state index contributed by atoms with van der Waals surface area (Å²) in [6.07, 6.45) is 1.79. The molecule has 0 radical (unpaired) electrons. The van der Waals surface area contributed by atoms with Gasteiger partial charge in [-0.05, 0) is 18.2 Å². The third-order valence-corrected chi connectivity index (χ3v) is 3.58. The maximum Gasteiger partial charge on any atom is 0.216 e. The number of carbonyl (C=O) groups excluding carboxylic acids is 1. The quantitative estimate of drug-likeness (QED) is 0.623. The van der Waals surface area contributed by atoms with E-state index in [1.165, 1.54) is 12.1 Å². The number of hydrogen-bond acceptors (Lipinski definition) is 2. The Hall–Kier alpha value is -1.16. The van der Waals surface area contributed by atoms with Gasteiger partial charge in [0, 0.05) is 19.3 Å². The molecule has 0 unspecified atom stereocenters. The summed E-state index contributed by atoms with van der Waals surface area (Å²) in [7, 11) is 1.79. The second kappa shape index (κ2) is 5.87. The Labute approximate surface area is 125 Å². The van der Waals surface area contributed by atoms with Crippen LogP contribution in [0.3, 0.4) is 0 Å². The van der Waals surface area contributed by atoms with Crippen molar-refractivity contribution < 1.29 is 9.53 Å². The van der Waals surface area contributed by atoms with E-state index in [9.17, 15) is 4.79 Å². The van der Waals surface area contributed by atoms with Crippen molar-refractivity contribution >= 4 is 40.6 Å². The molecule has 0 fully saturated rings. The smallest absolute Gasteiger partial charge is 0.216 e. The molecule has 0 aliphatic carbocycles. The Morgan fingerprint density at radius 2 is 1.89 bits per heavy atom. The molecule has 0 bridgehead atoms. The number of halogens is 3. The number of ketones is 1. The van der Waals surface area contributed by atoms with Crippen LogP contribution in [0.1, 0.15) is 10.5 Å². The maximum absolute atomic E-state index is 11.9. The SMILES string of the molecule is Cn1cccc1C(=O)COc1cc(Cl)c(Cl)cc1Cl. The van der Waals surface area contributed by atoms with Crippen molar-refractivity contribution in [2.45, 2.75) is 0 Å². The largest absolute Gasteiger partial charge is 0.484 e. The third-order valence-electron chi connectivity index (χ3n) is 2.56. The van der Waals surface area contributed by atoms with Crippen molar-refractivity contribution in [2.75, 3.05) is 6.61 Å². The predicted molar refractivity (Wildman–Crippen MR) is 76.7 cm³/mol. The van der Waals surface area contributed by atoms with E-state index < -0.39 is 0 Å². The molecule has 2 aromatic rings. The molecule has 0 N–H and O–H groups in total. The van der Waals surface area contributed by atoms with Crippen molar-refractivity contribution in [1.29, 1.82) is 0 Å². The lowest BCUT2D eigenvalue weighted by Gasteiger charge is -2.09. The van der Waals surface area contributed by atoms with Gasteiger partial charge in [0.2, 0.25) is 5.78 Å². The van der Waals surface area contributed by atoms with Crippen LogP contribution in [0, 0.1) is 0 Å². The van der Waals surface area contributed by atoms with Crippen LogP contribution in [0.5, 0.6) is 5.75 Å². The molecule has 1 heterocycles. The monoisotopic (exact) mass is 317 g/mol. The molecule has 6 heteroatoms. The number of aryl methyl sites for hydroxylation is 1. The van der Waals surface area contributed by atoms with Crippen LogP contribution in [-0.2, 0) is 7.05 Å². The minimum Gasteiger partial charge on any atom is -0.484 e. The first-order valence-corrected chi connectivity index (χ1v) is 6.54. The topological polar surface area (TPSA) is 31.2 Å². The molecular weight excluding hydrogens is 309 g/mol. The van der Waals surface area contributed by atoms with Gasteiger partial charge in [-0.2, -0.15) is 0 Å². The molecule has 0 aliphatic rings. The number of carbonyl (C=O) groups is 1. The van der Waals surface area contributed by atoms with Crippen molar-refractivity contribution in [3.05, 3.63) is 51.2 Å². The van der Waals surface area contributed by atoms with Gasteiger partial charge >= 0.3 is 0 Å². The molecule has 1 aromatic heterocycles. The number of benzene rings is 1. The minimum atomic E-state index is -0.144. The fourth-order valence-electron chi connectivity index (χ4n) is 1.58. The van der Waals surface area contributed by atoms with Gasteiger partial charge in [-0.1, -0.05) is 34.8 Å². The van der Waals surface area contributed by atoms with Crippen LogP contribution in [0.2, 0.25) is 15.1 Å². The van der Waals surface area contributed by atoms with Crippen LogP contribution in [0.4, 0.5) is 0 Å². The lowest BCUT2D eigenvalue weighted by molar-refractivity contribution is 0.0913. The number of Topliss-reactive ketones (excluding diaryl/α,β-unsaturated/α-hetero) is 1. The molecule has 0 atom stereocenters. The van der Waals surface area contributed by atoms with Gasteiger partial charge in [0.1, 0.15) is 5.75 Å². The highest BCUT2D eigenvalue weighted by atomic mass is 35.5. The lowest BCUT2D eigenvalue weighted by atomic mass is 10.3. The van der Waals surface area contributed by atoms with Gasteiger partial charge in [-0.25, -0.2) is 0 Å². The normalized spacial score (nSPS) is 10.5. The zero-order valence-corrected chi connectivity index (χ0v) is 12.3. The molecule has 0 spiro atoms. The predicted octanol–water partition coefficient (Wildman–Crippen LogP) is 4.25. The summed E-state index contributed by atoms with van der Waals surface area (Å²) in [4.78, 5) is 11.9. The van der Waals surface area contributed by atoms with Crippen LogP contribution in [0.15, 0.2) is 30.5 Å². The zero-order chi connectivity index (χ0) is 14.0. The summed E-state index contributed by atoms with van der Waals surface area (Å²) in [5, 5.41) is 0.981. The van der Waals surface area contributed by atoms with E-state index in [0.717, 1.165) is 0 Å². The molecule has 0 saturated heterocycles. The van der Waals surface area contributed by atoms with E-state index in [0.29, 0.717) is 26.5 Å². The molecule has 19 heavy (non-hydrogen) atoms. The zero-order valence-electron chi connectivity index (χ0n) is 9.99. The summed E-state index contributed by atoms with van der Waals surface area (Å²) in [5.74, 6) is 0.188. The number of aromatic nitrogens is 1. The molecule has 1 aromatic carbocycles. The van der Waals surface area contributed by atoms with E-state index in [-0.39, 0.29) is 12.4 Å². The van der Waals surface area contributed by atoms with Crippen LogP contribution < -0.4 is 4.74 Å². The first kappa shape index (κ1) is 14.3. The Morgan fingerprint density at radius 1 is 1.21 bits per heavy atom. The first-order chi connectivity index (χ1) is 8.99. The lowest BCUT2D eigenvalue weighted by Crippen LogP contribution is -2.14. The molecule has 3 nitrogen and oxygen atoms in total. The van der Waals surface area contributed by atoms with E-state index >= 15 is 0 Å². The molecule has 0 aliphatic heterocycles. The number of ether oxygens (including phenoxy) is 1. The average molecular weight is 319 g/mol. The second-order valence-corrected chi connectivity index (χ2v) is 5.13. The summed E-state index contributed by atoms with van der Waals surface area (Å²) in [6.45, 7) is -0.116. The van der Waals surface area contributed by atoms with Crippen molar-refractivity contribution in [3.63, 3.8) is 0 Å². The van der Waals surface area contributed by atoms with Crippen molar-refractivity contribution in [1.82, 2.24) is 4.57 Å². The van der Waals surface area contributed by atoms with E-state index in [1.807, 2.05) is 0 Å². The van der Waals surface area contributed by atoms with Gasteiger partial charge in [-0.15, -0.1) is 0 Å². The van der Waals surface area contributed by atoms with Gasteiger partial charge in [0.25, 0.3) is 0 Å². The highest BCUT2D eigenvalue weighted by molar-refractivity contribution is 6.43. The van der Waals surface area contributed by atoms with Crippen LogP contribution in [-0.4, -0.2) is 17.0 Å². The number of rotatable bonds is 4. The molecule has 0 amide bonds. The van der Waals surface area contributed by atoms with Crippen molar-refractivity contribution in [2.24, 2.45) is 7.05 Å². The molecular formula is C13H10Cl3NO2. The fraction of sp³-hybridized carbons (Fsp3) is 0.154. The highest BCUT2D eigenvalue weighted by Crippen LogP contribution is 2.33. The first-order valence-electron chi connectivity index (χ1n) is 5.41. The summed E-state index contributed by atoms with van der Waals surface area (Å²) in [5.41, 5.74) is 0.566. The van der Waals surface area contributed by atoms with E-state index in [4.69, 9.17) is 39.5 Å². The Bertz CT molecular complexity index is 622. The third kappa shape index (κ3) is 3.24. The summed E-state index contributed by atoms with van der Waals surface area (Å²) in [6, 6.07) is 6.49. The summed E-state index contributed by atoms with van der Waals surface area (Å²) >= 11 is 17.6. The standard InChI is InChI=1S/C13H10Cl3NO2/c1-17-4-2-3-11(17)12(18)7-19-13-6-9(15)8(14)5-10(13)16/h2-6H,7H2,1H3. The van der Waals surface area contributed by atoms with Gasteiger partial charge < -0.3 is 9.30 Å². The number of hydrogen-bond donors (Lipinski definition) is 0. The van der Waals surface area contributed by atoms with E-state index in [1.54, 1.807) is 29.9 Å². The maximum atomic E-state index is 11.9.